The van der Waals surface area contributed by atoms with E-state index >= 15 is 0 Å². The number of hydrogen-bond donors (Lipinski definition) is 1. The highest BCUT2D eigenvalue weighted by molar-refractivity contribution is 7.92. The first kappa shape index (κ1) is 25.6. The van der Waals surface area contributed by atoms with E-state index in [-0.39, 0.29) is 23.2 Å². The van der Waals surface area contributed by atoms with E-state index in [1.54, 1.807) is 13.8 Å². The molecule has 1 atom stereocenters. The summed E-state index contributed by atoms with van der Waals surface area (Å²) in [6.07, 6.45) is 0.940. The second-order valence-corrected chi connectivity index (χ2v) is 9.76. The Morgan fingerprint density at radius 2 is 1.78 bits per heavy atom. The van der Waals surface area contributed by atoms with Gasteiger partial charge in [-0.05, 0) is 44.5 Å². The number of nitrogens with one attached hydrogen (secondary N) is 1. The van der Waals surface area contributed by atoms with Crippen LogP contribution in [0.2, 0.25) is 5.02 Å². The molecule has 0 bridgehead atoms. The predicted octanol–water partition coefficient (Wildman–Crippen LogP) is 3.11. The normalized spacial score (nSPS) is 12.2. The van der Waals surface area contributed by atoms with Crippen LogP contribution in [-0.4, -0.2) is 50.5 Å². The number of benzene rings is 2. The van der Waals surface area contributed by atoms with Crippen LogP contribution >= 0.6 is 11.6 Å². The van der Waals surface area contributed by atoms with Gasteiger partial charge < -0.3 is 10.2 Å². The second-order valence-electron chi connectivity index (χ2n) is 7.45. The van der Waals surface area contributed by atoms with Gasteiger partial charge in [-0.25, -0.2) is 12.8 Å². The van der Waals surface area contributed by atoms with Gasteiger partial charge >= 0.3 is 0 Å². The van der Waals surface area contributed by atoms with Gasteiger partial charge in [0.25, 0.3) is 0 Å². The van der Waals surface area contributed by atoms with Gasteiger partial charge in [-0.15, -0.1) is 0 Å². The smallest absolute Gasteiger partial charge is 0.244 e. The third-order valence-corrected chi connectivity index (χ3v) is 6.29. The molecule has 2 aromatic rings. The Hall–Kier alpha value is -2.65. The molecule has 2 amide bonds. The van der Waals surface area contributed by atoms with Crippen LogP contribution < -0.4 is 9.62 Å². The molecule has 0 aliphatic rings. The van der Waals surface area contributed by atoms with Crippen molar-refractivity contribution in [1.29, 1.82) is 0 Å². The molecular weight excluding hydrogens is 457 g/mol. The summed E-state index contributed by atoms with van der Waals surface area (Å²) >= 11 is 5.81. The van der Waals surface area contributed by atoms with Gasteiger partial charge in [0.15, 0.2) is 0 Å². The third kappa shape index (κ3) is 6.67. The third-order valence-electron chi connectivity index (χ3n) is 4.86. The highest BCUT2D eigenvalue weighted by Gasteiger charge is 2.30. The molecule has 2 aromatic carbocycles. The molecule has 2 rings (SSSR count). The van der Waals surface area contributed by atoms with E-state index in [1.165, 1.54) is 11.0 Å². The molecule has 1 N–H and O–H groups in total. The van der Waals surface area contributed by atoms with Gasteiger partial charge in [-0.2, -0.15) is 0 Å². The summed E-state index contributed by atoms with van der Waals surface area (Å²) in [4.78, 5) is 27.1. The Morgan fingerprint density at radius 3 is 2.31 bits per heavy atom. The van der Waals surface area contributed by atoms with E-state index in [2.05, 4.69) is 5.32 Å². The minimum atomic E-state index is -3.91. The van der Waals surface area contributed by atoms with Crippen LogP contribution in [0.4, 0.5) is 10.1 Å². The van der Waals surface area contributed by atoms with Crippen molar-refractivity contribution in [3.63, 3.8) is 0 Å². The zero-order chi connectivity index (χ0) is 24.1. The molecule has 174 valence electrons. The van der Waals surface area contributed by atoms with Crippen molar-refractivity contribution in [2.45, 2.75) is 33.4 Å². The van der Waals surface area contributed by atoms with Crippen molar-refractivity contribution in [2.75, 3.05) is 23.7 Å². The molecule has 0 saturated heterocycles. The van der Waals surface area contributed by atoms with Crippen LogP contribution in [0.25, 0.3) is 0 Å². The first-order valence-corrected chi connectivity index (χ1v) is 12.2. The maximum absolute atomic E-state index is 13.6. The summed E-state index contributed by atoms with van der Waals surface area (Å²) < 4.78 is 39.3. The largest absolute Gasteiger partial charge is 0.355 e. The zero-order valence-electron chi connectivity index (χ0n) is 18.4. The molecular formula is C22H27ClFN3O4S. The Kier molecular flexibility index (Phi) is 8.63. The Labute approximate surface area is 193 Å². The van der Waals surface area contributed by atoms with Crippen LogP contribution in [0.15, 0.2) is 42.5 Å². The summed E-state index contributed by atoms with van der Waals surface area (Å²) in [5.74, 6) is -1.65. The lowest BCUT2D eigenvalue weighted by Gasteiger charge is -2.31. The number of carbonyl (C=O) groups is 2. The number of halogens is 2. The lowest BCUT2D eigenvalue weighted by Crippen LogP contribution is -2.51. The first-order valence-electron chi connectivity index (χ1n) is 9.99. The Morgan fingerprint density at radius 1 is 1.16 bits per heavy atom. The summed E-state index contributed by atoms with van der Waals surface area (Å²) in [7, 11) is -3.91. The molecule has 1 unspecified atom stereocenters. The fourth-order valence-electron chi connectivity index (χ4n) is 3.05. The number of rotatable bonds is 9. The number of hydrogen-bond acceptors (Lipinski definition) is 4. The highest BCUT2D eigenvalue weighted by atomic mass is 35.5. The first-order chi connectivity index (χ1) is 14.9. The summed E-state index contributed by atoms with van der Waals surface area (Å²) in [5, 5.41) is 2.41. The molecule has 0 fully saturated rings. The van der Waals surface area contributed by atoms with Crippen molar-refractivity contribution in [3.05, 3.63) is 64.4 Å². The van der Waals surface area contributed by atoms with Crippen LogP contribution in [-0.2, 0) is 26.2 Å². The van der Waals surface area contributed by atoms with Crippen molar-refractivity contribution in [1.82, 2.24) is 10.2 Å². The molecule has 10 heteroatoms. The van der Waals surface area contributed by atoms with Crippen LogP contribution in [0.3, 0.4) is 0 Å². The van der Waals surface area contributed by atoms with E-state index in [0.29, 0.717) is 6.54 Å². The molecule has 0 heterocycles. The van der Waals surface area contributed by atoms with Crippen LogP contribution in [0.1, 0.15) is 25.0 Å². The Bertz CT molecular complexity index is 1080. The standard InChI is InChI=1S/C22H27ClFN3O4S/c1-5-25-22(29)16(3)26(13-17-8-6-15(2)7-9-17)21(28)14-27(32(4,30)31)18-10-11-20(24)19(23)12-18/h6-12,16H,5,13-14H2,1-4H3,(H,25,29). The number of anilines is 1. The Balaban J connectivity index is 2.39. The zero-order valence-corrected chi connectivity index (χ0v) is 20.0. The van der Waals surface area contributed by atoms with Gasteiger partial charge in [-0.1, -0.05) is 41.4 Å². The SMILES string of the molecule is CCNC(=O)C(C)N(Cc1ccc(C)cc1)C(=O)CN(c1ccc(F)c(Cl)c1)S(C)(=O)=O. The van der Waals surface area contributed by atoms with Crippen LogP contribution in [0, 0.1) is 12.7 Å². The minimum Gasteiger partial charge on any atom is -0.355 e. The maximum atomic E-state index is 13.6. The minimum absolute atomic E-state index is 0.0493. The second kappa shape index (κ2) is 10.8. The molecule has 7 nitrogen and oxygen atoms in total. The summed E-state index contributed by atoms with van der Waals surface area (Å²) in [6, 6.07) is 10.0. The molecule has 0 spiro atoms. The van der Waals surface area contributed by atoms with Gasteiger partial charge in [0.1, 0.15) is 18.4 Å². The van der Waals surface area contributed by atoms with Gasteiger partial charge in [0.2, 0.25) is 21.8 Å². The monoisotopic (exact) mass is 483 g/mol. The van der Waals surface area contributed by atoms with Crippen molar-refractivity contribution in [2.24, 2.45) is 0 Å². The number of nitrogens with zero attached hydrogens (tertiary/aromatic N) is 2. The van der Waals surface area contributed by atoms with Gasteiger partial charge in [0.05, 0.1) is 17.0 Å². The van der Waals surface area contributed by atoms with Crippen molar-refractivity contribution in [3.8, 4) is 0 Å². The number of carbonyl (C=O) groups excluding carboxylic acids is 2. The molecule has 0 aromatic heterocycles. The molecule has 0 saturated carbocycles. The van der Waals surface area contributed by atoms with Crippen LogP contribution in [0.5, 0.6) is 0 Å². The fourth-order valence-corrected chi connectivity index (χ4v) is 4.06. The van der Waals surface area contributed by atoms with E-state index in [1.807, 2.05) is 31.2 Å². The van der Waals surface area contributed by atoms with E-state index in [9.17, 15) is 22.4 Å². The number of amides is 2. The summed E-state index contributed by atoms with van der Waals surface area (Å²) in [5.41, 5.74) is 1.88. The van der Waals surface area contributed by atoms with Crippen molar-refractivity contribution < 1.29 is 22.4 Å². The topological polar surface area (TPSA) is 86.8 Å². The van der Waals surface area contributed by atoms with Gasteiger partial charge in [0, 0.05) is 13.1 Å². The predicted molar refractivity (Wildman–Crippen MR) is 123 cm³/mol. The highest BCUT2D eigenvalue weighted by Crippen LogP contribution is 2.25. The number of likely N-dealkylation sites (N-methyl/N-ethyl adjacent to an activating group) is 1. The van der Waals surface area contributed by atoms with Crippen molar-refractivity contribution >= 4 is 39.1 Å². The quantitative estimate of drug-likeness (QED) is 0.593. The molecule has 0 aliphatic heterocycles. The summed E-state index contributed by atoms with van der Waals surface area (Å²) in [6.45, 7) is 5.20. The molecule has 0 radical (unpaired) electrons. The maximum Gasteiger partial charge on any atom is 0.244 e. The average molecular weight is 484 g/mol. The van der Waals surface area contributed by atoms with E-state index in [4.69, 9.17) is 11.6 Å². The average Bonchev–Trinajstić information content (AvgIpc) is 2.72. The lowest BCUT2D eigenvalue weighted by atomic mass is 10.1. The fraction of sp³-hybridized carbons (Fsp3) is 0.364. The van der Waals surface area contributed by atoms with E-state index < -0.39 is 34.3 Å². The number of sulfonamides is 1. The number of aryl methyl sites for hydroxylation is 1. The molecule has 32 heavy (non-hydrogen) atoms. The van der Waals surface area contributed by atoms with Gasteiger partial charge in [-0.3, -0.25) is 13.9 Å². The molecule has 0 aliphatic carbocycles. The lowest BCUT2D eigenvalue weighted by molar-refractivity contribution is -0.139. The van der Waals surface area contributed by atoms with E-state index in [0.717, 1.165) is 33.8 Å².